The van der Waals surface area contributed by atoms with Crippen molar-refractivity contribution in [3.8, 4) is 11.5 Å². The van der Waals surface area contributed by atoms with Crippen molar-refractivity contribution in [3.63, 3.8) is 0 Å². The van der Waals surface area contributed by atoms with Gasteiger partial charge >= 0.3 is 0 Å². The van der Waals surface area contributed by atoms with Crippen LogP contribution < -0.4 is 19.7 Å². The minimum atomic E-state index is -0.269. The zero-order valence-electron chi connectivity index (χ0n) is 15.5. The molecule has 0 saturated heterocycles. The van der Waals surface area contributed by atoms with Gasteiger partial charge in [0.05, 0.1) is 11.8 Å². The topological polar surface area (TPSA) is 67.9 Å². The van der Waals surface area contributed by atoms with Crippen LogP contribution in [0, 0.1) is 11.8 Å². The molecule has 3 aliphatic rings. The minimum Gasteiger partial charge on any atom is -0.486 e. The molecule has 0 bridgehead atoms. The molecule has 28 heavy (non-hydrogen) atoms. The Kier molecular flexibility index (Phi) is 4.19. The van der Waals surface area contributed by atoms with Gasteiger partial charge in [-0.05, 0) is 43.0 Å². The second-order valence-electron chi connectivity index (χ2n) is 7.52. The van der Waals surface area contributed by atoms with Gasteiger partial charge in [0.15, 0.2) is 11.5 Å². The van der Waals surface area contributed by atoms with Gasteiger partial charge in [-0.15, -0.1) is 0 Å². The van der Waals surface area contributed by atoms with Gasteiger partial charge in [0, 0.05) is 24.0 Å². The molecule has 144 valence electrons. The van der Waals surface area contributed by atoms with E-state index >= 15 is 0 Å². The summed E-state index contributed by atoms with van der Waals surface area (Å²) in [6.45, 7) is 1.76. The fourth-order valence-electron chi connectivity index (χ4n) is 4.08. The Hall–Kier alpha value is -3.02. The van der Waals surface area contributed by atoms with Crippen molar-refractivity contribution in [2.24, 2.45) is 11.8 Å². The summed E-state index contributed by atoms with van der Waals surface area (Å²) in [4.78, 5) is 27.5. The first kappa shape index (κ1) is 17.1. The summed E-state index contributed by atoms with van der Waals surface area (Å²) in [7, 11) is 0. The Morgan fingerprint density at radius 1 is 1.00 bits per heavy atom. The second-order valence-corrected chi connectivity index (χ2v) is 7.52. The van der Waals surface area contributed by atoms with Crippen molar-refractivity contribution in [2.75, 3.05) is 30.0 Å². The number of carbonyl (C=O) groups excluding carboxylic acids is 2. The molecule has 1 N–H and O–H groups in total. The smallest absolute Gasteiger partial charge is 0.230 e. The molecule has 1 aliphatic carbocycles. The van der Waals surface area contributed by atoms with Crippen LogP contribution in [0.5, 0.6) is 11.5 Å². The fraction of sp³-hybridized carbons (Fsp3) is 0.364. The molecule has 1 saturated carbocycles. The van der Waals surface area contributed by atoms with E-state index in [9.17, 15) is 9.59 Å². The Bertz CT molecular complexity index is 942. The van der Waals surface area contributed by atoms with E-state index in [-0.39, 0.29) is 23.7 Å². The van der Waals surface area contributed by atoms with Crippen LogP contribution in [0.2, 0.25) is 0 Å². The first-order valence-electron chi connectivity index (χ1n) is 9.80. The zero-order chi connectivity index (χ0) is 19.1. The third kappa shape index (κ3) is 3.09. The molecule has 2 aromatic carbocycles. The van der Waals surface area contributed by atoms with Crippen LogP contribution in [0.3, 0.4) is 0 Å². The van der Waals surface area contributed by atoms with Gasteiger partial charge in [-0.1, -0.05) is 18.2 Å². The molecular formula is C22H22N2O4. The normalized spacial score (nSPS) is 22.2. The third-order valence-corrected chi connectivity index (χ3v) is 5.63. The summed E-state index contributed by atoms with van der Waals surface area (Å²) in [5.41, 5.74) is 2.87. The van der Waals surface area contributed by atoms with Crippen LogP contribution >= 0.6 is 0 Å². The molecule has 0 spiro atoms. The Morgan fingerprint density at radius 3 is 2.71 bits per heavy atom. The number of anilines is 2. The summed E-state index contributed by atoms with van der Waals surface area (Å²) in [5.74, 6) is 0.776. The van der Waals surface area contributed by atoms with E-state index in [1.54, 1.807) is 18.2 Å². The van der Waals surface area contributed by atoms with E-state index in [1.807, 2.05) is 23.1 Å². The second kappa shape index (κ2) is 6.86. The van der Waals surface area contributed by atoms with E-state index in [4.69, 9.17) is 9.47 Å². The zero-order valence-corrected chi connectivity index (χ0v) is 15.5. The molecule has 2 aliphatic heterocycles. The number of rotatable bonds is 3. The fourth-order valence-corrected chi connectivity index (χ4v) is 4.08. The van der Waals surface area contributed by atoms with Crippen LogP contribution in [0.4, 0.5) is 11.4 Å². The predicted octanol–water partition coefficient (Wildman–Crippen LogP) is 3.01. The largest absolute Gasteiger partial charge is 0.486 e. The summed E-state index contributed by atoms with van der Waals surface area (Å²) >= 11 is 0. The first-order valence-corrected chi connectivity index (χ1v) is 9.80. The molecule has 2 atom stereocenters. The van der Waals surface area contributed by atoms with Gasteiger partial charge in [0.25, 0.3) is 0 Å². The van der Waals surface area contributed by atoms with Gasteiger partial charge in [0.2, 0.25) is 11.8 Å². The molecule has 6 nitrogen and oxygen atoms in total. The predicted molar refractivity (Wildman–Crippen MR) is 105 cm³/mol. The van der Waals surface area contributed by atoms with E-state index < -0.39 is 0 Å². The SMILES string of the molecule is O=C(Nc1ccc2c(c1)OCCO2)C1CC1C(=O)N1CCCc2ccccc21. The number of nitrogens with zero attached hydrogens (tertiary/aromatic N) is 1. The van der Waals surface area contributed by atoms with Gasteiger partial charge in [-0.2, -0.15) is 0 Å². The standard InChI is InChI=1S/C22H22N2O4/c25-21(23-15-7-8-19-20(12-15)28-11-10-27-19)16-13-17(16)22(26)24-9-3-5-14-4-1-2-6-18(14)24/h1-2,4,6-8,12,16-17H,3,5,9-11,13H2,(H,23,25). The monoisotopic (exact) mass is 378 g/mol. The van der Waals surface area contributed by atoms with Gasteiger partial charge in [-0.25, -0.2) is 0 Å². The van der Waals surface area contributed by atoms with E-state index in [0.717, 1.165) is 25.1 Å². The van der Waals surface area contributed by atoms with E-state index in [2.05, 4.69) is 11.4 Å². The number of hydrogen-bond acceptors (Lipinski definition) is 4. The maximum absolute atomic E-state index is 13.0. The molecule has 5 rings (SSSR count). The van der Waals surface area contributed by atoms with Crippen molar-refractivity contribution in [1.29, 1.82) is 0 Å². The lowest BCUT2D eigenvalue weighted by molar-refractivity contribution is -0.123. The molecule has 2 unspecified atom stereocenters. The number of ether oxygens (including phenoxy) is 2. The quantitative estimate of drug-likeness (QED) is 0.892. The lowest BCUT2D eigenvalue weighted by Crippen LogP contribution is -2.37. The van der Waals surface area contributed by atoms with Crippen molar-refractivity contribution in [1.82, 2.24) is 0 Å². The highest BCUT2D eigenvalue weighted by atomic mass is 16.6. The van der Waals surface area contributed by atoms with Crippen LogP contribution in [0.15, 0.2) is 42.5 Å². The molecule has 0 aromatic heterocycles. The van der Waals surface area contributed by atoms with Crippen molar-refractivity contribution in [3.05, 3.63) is 48.0 Å². The minimum absolute atomic E-state index is 0.0643. The first-order chi connectivity index (χ1) is 13.7. The maximum atomic E-state index is 13.0. The molecule has 2 aromatic rings. The Labute approximate surface area is 163 Å². The lowest BCUT2D eigenvalue weighted by atomic mass is 10.0. The number of hydrogen-bond donors (Lipinski definition) is 1. The van der Waals surface area contributed by atoms with Crippen LogP contribution in [-0.4, -0.2) is 31.6 Å². The molecular weight excluding hydrogens is 356 g/mol. The van der Waals surface area contributed by atoms with Crippen LogP contribution in [-0.2, 0) is 16.0 Å². The van der Waals surface area contributed by atoms with Crippen molar-refractivity contribution >= 4 is 23.2 Å². The summed E-state index contributed by atoms with van der Waals surface area (Å²) < 4.78 is 11.1. The van der Waals surface area contributed by atoms with Gasteiger partial charge in [0.1, 0.15) is 13.2 Å². The Balaban J connectivity index is 1.25. The number of fused-ring (bicyclic) bond motifs is 2. The van der Waals surface area contributed by atoms with Crippen LogP contribution in [0.25, 0.3) is 0 Å². The average molecular weight is 378 g/mol. The van der Waals surface area contributed by atoms with Gasteiger partial charge < -0.3 is 19.7 Å². The van der Waals surface area contributed by atoms with Crippen molar-refractivity contribution < 1.29 is 19.1 Å². The van der Waals surface area contributed by atoms with Crippen LogP contribution in [0.1, 0.15) is 18.4 Å². The lowest BCUT2D eigenvalue weighted by Gasteiger charge is -2.29. The third-order valence-electron chi connectivity index (χ3n) is 5.63. The Morgan fingerprint density at radius 2 is 1.82 bits per heavy atom. The highest BCUT2D eigenvalue weighted by Gasteiger charge is 2.50. The molecule has 6 heteroatoms. The summed E-state index contributed by atoms with van der Waals surface area (Å²) in [6.07, 6.45) is 2.57. The highest BCUT2D eigenvalue weighted by Crippen LogP contribution is 2.43. The van der Waals surface area contributed by atoms with E-state index in [0.29, 0.717) is 36.8 Å². The number of carbonyl (C=O) groups is 2. The number of amides is 2. The van der Waals surface area contributed by atoms with E-state index in [1.165, 1.54) is 5.56 Å². The average Bonchev–Trinajstić information content (AvgIpc) is 3.54. The molecule has 0 radical (unpaired) electrons. The molecule has 1 fully saturated rings. The number of benzene rings is 2. The number of nitrogens with one attached hydrogen (secondary N) is 1. The van der Waals surface area contributed by atoms with Gasteiger partial charge in [-0.3, -0.25) is 9.59 Å². The van der Waals surface area contributed by atoms with Crippen molar-refractivity contribution in [2.45, 2.75) is 19.3 Å². The highest BCUT2D eigenvalue weighted by molar-refractivity contribution is 6.04. The summed E-state index contributed by atoms with van der Waals surface area (Å²) in [6, 6.07) is 13.4. The maximum Gasteiger partial charge on any atom is 0.230 e. The molecule has 2 heterocycles. The summed E-state index contributed by atoms with van der Waals surface area (Å²) in [5, 5.41) is 2.92. The molecule has 2 amide bonds. The number of para-hydroxylation sites is 1. The number of aryl methyl sites for hydroxylation is 1.